The van der Waals surface area contributed by atoms with Crippen LogP contribution in [0.2, 0.25) is 10.0 Å². The average molecular weight is 660 g/mol. The van der Waals surface area contributed by atoms with Crippen molar-refractivity contribution < 1.29 is 14.3 Å². The van der Waals surface area contributed by atoms with E-state index in [2.05, 4.69) is 15.6 Å². The maximum absolute atomic E-state index is 13.1. The molecule has 13 heteroatoms. The molecule has 5 rings (SSSR count). The normalized spacial score (nSPS) is 11.6. The zero-order valence-electron chi connectivity index (χ0n) is 24.7. The number of carbonyl (C=O) groups is 2. The number of rotatable bonds is 13. The fourth-order valence-corrected chi connectivity index (χ4v) is 5.29. The minimum Gasteiger partial charge on any atom is -0.457 e. The third-order valence-electron chi connectivity index (χ3n) is 7.17. The Bertz CT molecular complexity index is 1880. The van der Waals surface area contributed by atoms with E-state index in [1.807, 2.05) is 30.3 Å². The van der Waals surface area contributed by atoms with Gasteiger partial charge in [0.05, 0.1) is 21.1 Å². The van der Waals surface area contributed by atoms with Crippen LogP contribution in [-0.4, -0.2) is 45.4 Å². The predicted molar refractivity (Wildman–Crippen MR) is 179 cm³/mol. The monoisotopic (exact) mass is 658 g/mol. The van der Waals surface area contributed by atoms with Crippen LogP contribution in [0.25, 0.3) is 22.4 Å². The highest BCUT2D eigenvalue weighted by Crippen LogP contribution is 2.34. The van der Waals surface area contributed by atoms with Crippen molar-refractivity contribution in [1.29, 1.82) is 5.41 Å². The summed E-state index contributed by atoms with van der Waals surface area (Å²) in [6, 6.07) is 22.2. The van der Waals surface area contributed by atoms with Crippen LogP contribution in [0, 0.1) is 5.41 Å². The number of nitrogens with zero attached hydrogens (tertiary/aromatic N) is 3. The van der Waals surface area contributed by atoms with E-state index < -0.39 is 11.9 Å². The Kier molecular flexibility index (Phi) is 10.4. The zero-order valence-corrected chi connectivity index (χ0v) is 26.2. The molecule has 2 amide bonds. The molecular formula is C33H32Cl2N8O3. The molecule has 0 aliphatic heterocycles. The molecule has 0 bridgehead atoms. The number of pyridine rings is 1. The molecular weight excluding hydrogens is 627 g/mol. The van der Waals surface area contributed by atoms with Gasteiger partial charge in [0.25, 0.3) is 5.91 Å². The summed E-state index contributed by atoms with van der Waals surface area (Å²) in [5.41, 5.74) is 14.5. The lowest BCUT2D eigenvalue weighted by atomic mass is 10.1. The van der Waals surface area contributed by atoms with Gasteiger partial charge < -0.3 is 31.4 Å². The molecule has 2 heterocycles. The maximum atomic E-state index is 13.1. The van der Waals surface area contributed by atoms with E-state index in [4.69, 9.17) is 49.8 Å². The van der Waals surface area contributed by atoms with Gasteiger partial charge in [-0.1, -0.05) is 41.4 Å². The largest absolute Gasteiger partial charge is 0.457 e. The van der Waals surface area contributed by atoms with E-state index in [-0.39, 0.29) is 11.9 Å². The summed E-state index contributed by atoms with van der Waals surface area (Å²) >= 11 is 12.2. The second-order valence-corrected chi connectivity index (χ2v) is 11.3. The van der Waals surface area contributed by atoms with Crippen molar-refractivity contribution in [3.8, 4) is 22.9 Å². The van der Waals surface area contributed by atoms with Gasteiger partial charge in [0.1, 0.15) is 23.4 Å². The Labute approximate surface area is 275 Å². The van der Waals surface area contributed by atoms with E-state index in [0.717, 1.165) is 5.69 Å². The Morgan fingerprint density at radius 2 is 1.74 bits per heavy atom. The smallest absolute Gasteiger partial charge is 0.251 e. The fourth-order valence-electron chi connectivity index (χ4n) is 5.00. The lowest BCUT2D eigenvalue weighted by Gasteiger charge is -2.20. The second kappa shape index (κ2) is 14.8. The van der Waals surface area contributed by atoms with Crippen molar-refractivity contribution in [2.24, 2.45) is 11.5 Å². The summed E-state index contributed by atoms with van der Waals surface area (Å²) in [5, 5.41) is 13.9. The molecule has 0 fully saturated rings. The molecule has 236 valence electrons. The highest BCUT2D eigenvalue weighted by molar-refractivity contribution is 6.42. The fraction of sp³-hybridized carbons (Fsp3) is 0.182. The number of aromatic nitrogens is 3. The molecule has 1 atom stereocenters. The molecule has 0 aliphatic rings. The standard InChI is InChI=1S/C33H32Cl2N8O3/c34-25-11-10-24(19-26(25)35)46-23-7-3-5-20(17-23)31-42-27-18-21(32(45)40-16-13-22-6-1-2-14-39-22)9-12-28(27)43(31)29(30(36)44)8-4-15-41-33(37)38/h1-3,5-7,9-12,14,17-19,29H,4,8,13,15-16H2,(H2,36,44)(H,40,45)(H4,37,38,41)/t29-/m0/s1. The molecule has 46 heavy (non-hydrogen) atoms. The first-order valence-electron chi connectivity index (χ1n) is 14.5. The number of amides is 2. The molecule has 0 radical (unpaired) electrons. The van der Waals surface area contributed by atoms with Gasteiger partial charge in [0, 0.05) is 48.6 Å². The van der Waals surface area contributed by atoms with Crippen molar-refractivity contribution >= 4 is 52.0 Å². The maximum Gasteiger partial charge on any atom is 0.251 e. The van der Waals surface area contributed by atoms with Crippen LogP contribution in [0.3, 0.4) is 0 Å². The number of imidazole rings is 1. The first kappa shape index (κ1) is 32.3. The average Bonchev–Trinajstić information content (AvgIpc) is 3.41. The third kappa shape index (κ3) is 7.92. The van der Waals surface area contributed by atoms with Crippen LogP contribution in [-0.2, 0) is 11.2 Å². The van der Waals surface area contributed by atoms with Crippen LogP contribution in [0.5, 0.6) is 11.5 Å². The Balaban J connectivity index is 1.48. The number of nitrogens with one attached hydrogen (secondary N) is 3. The molecule has 5 aromatic rings. The number of hydrogen-bond acceptors (Lipinski definition) is 6. The second-order valence-electron chi connectivity index (χ2n) is 10.4. The van der Waals surface area contributed by atoms with E-state index in [1.54, 1.807) is 59.3 Å². The predicted octanol–water partition coefficient (Wildman–Crippen LogP) is 5.46. The Hall–Kier alpha value is -5.13. The zero-order chi connectivity index (χ0) is 32.6. The highest BCUT2D eigenvalue weighted by atomic mass is 35.5. The van der Waals surface area contributed by atoms with Crippen LogP contribution in [0.15, 0.2) is 85.1 Å². The molecule has 0 saturated heterocycles. The molecule has 0 saturated carbocycles. The first-order valence-corrected chi connectivity index (χ1v) is 15.3. The van der Waals surface area contributed by atoms with Gasteiger partial charge in [-0.15, -0.1) is 0 Å². The quantitative estimate of drug-likeness (QED) is 0.0634. The van der Waals surface area contributed by atoms with Gasteiger partial charge in [0.2, 0.25) is 5.91 Å². The Morgan fingerprint density at radius 1 is 0.913 bits per heavy atom. The number of carbonyl (C=O) groups excluding carboxylic acids is 2. The summed E-state index contributed by atoms with van der Waals surface area (Å²) in [4.78, 5) is 35.1. The molecule has 7 N–H and O–H groups in total. The number of fused-ring (bicyclic) bond motifs is 1. The molecule has 11 nitrogen and oxygen atoms in total. The van der Waals surface area contributed by atoms with Crippen molar-refractivity contribution in [1.82, 2.24) is 25.2 Å². The van der Waals surface area contributed by atoms with Crippen LogP contribution in [0.4, 0.5) is 0 Å². The number of benzene rings is 3. The Morgan fingerprint density at radius 3 is 2.48 bits per heavy atom. The van der Waals surface area contributed by atoms with Gasteiger partial charge in [-0.25, -0.2) is 4.98 Å². The van der Waals surface area contributed by atoms with Gasteiger partial charge in [-0.3, -0.25) is 20.0 Å². The number of guanidine groups is 1. The topological polar surface area (TPSA) is 174 Å². The molecule has 2 aromatic heterocycles. The molecule has 0 aliphatic carbocycles. The summed E-state index contributed by atoms with van der Waals surface area (Å²) < 4.78 is 7.83. The lowest BCUT2D eigenvalue weighted by molar-refractivity contribution is -0.121. The molecule has 3 aromatic carbocycles. The minimum atomic E-state index is -0.786. The lowest BCUT2D eigenvalue weighted by Crippen LogP contribution is -2.32. The number of halogens is 2. The minimum absolute atomic E-state index is 0.158. The highest BCUT2D eigenvalue weighted by Gasteiger charge is 2.25. The number of hydrogen-bond donors (Lipinski definition) is 5. The van der Waals surface area contributed by atoms with E-state index in [0.29, 0.717) is 81.9 Å². The van der Waals surface area contributed by atoms with Gasteiger partial charge in [0.15, 0.2) is 5.96 Å². The van der Waals surface area contributed by atoms with Crippen molar-refractivity contribution in [2.45, 2.75) is 25.3 Å². The van der Waals surface area contributed by atoms with Crippen LogP contribution in [0.1, 0.15) is 34.9 Å². The van der Waals surface area contributed by atoms with Gasteiger partial charge in [-0.05, 0) is 67.4 Å². The van der Waals surface area contributed by atoms with Gasteiger partial charge >= 0.3 is 0 Å². The van der Waals surface area contributed by atoms with Crippen molar-refractivity contribution in [3.63, 3.8) is 0 Å². The first-order chi connectivity index (χ1) is 22.2. The van der Waals surface area contributed by atoms with E-state index >= 15 is 0 Å². The molecule has 0 spiro atoms. The number of primary amides is 1. The van der Waals surface area contributed by atoms with Crippen molar-refractivity contribution in [2.75, 3.05) is 13.1 Å². The van der Waals surface area contributed by atoms with Crippen LogP contribution < -0.4 is 26.8 Å². The SMILES string of the molecule is N=C(N)NCCC[C@@H](C(N)=O)n1c(-c2cccc(Oc3ccc(Cl)c(Cl)c3)c2)nc2cc(C(=O)NCCc3ccccn3)ccc21. The van der Waals surface area contributed by atoms with E-state index in [9.17, 15) is 9.59 Å². The van der Waals surface area contributed by atoms with E-state index in [1.165, 1.54) is 0 Å². The van der Waals surface area contributed by atoms with Gasteiger partial charge in [-0.2, -0.15) is 0 Å². The van der Waals surface area contributed by atoms with Crippen LogP contribution >= 0.6 is 23.2 Å². The summed E-state index contributed by atoms with van der Waals surface area (Å²) in [5.74, 6) is 0.491. The number of nitrogens with two attached hydrogens (primary N) is 2. The van der Waals surface area contributed by atoms with Crippen molar-refractivity contribution in [3.05, 3.63) is 106 Å². The third-order valence-corrected chi connectivity index (χ3v) is 7.91. The number of ether oxygens (including phenoxy) is 1. The summed E-state index contributed by atoms with van der Waals surface area (Å²) in [6.45, 7) is 0.800. The molecule has 0 unspecified atom stereocenters. The summed E-state index contributed by atoms with van der Waals surface area (Å²) in [6.07, 6.45) is 3.16. The summed E-state index contributed by atoms with van der Waals surface area (Å²) in [7, 11) is 0.